The zero-order valence-corrected chi connectivity index (χ0v) is 14.7. The molecule has 1 amide bonds. The quantitative estimate of drug-likeness (QED) is 0.832. The lowest BCUT2D eigenvalue weighted by molar-refractivity contribution is -0.0243. The van der Waals surface area contributed by atoms with E-state index in [4.69, 9.17) is 4.74 Å². The van der Waals surface area contributed by atoms with Crippen LogP contribution < -0.4 is 0 Å². The van der Waals surface area contributed by atoms with Crippen LogP contribution >= 0.6 is 0 Å². The van der Waals surface area contributed by atoms with Gasteiger partial charge in [-0.3, -0.25) is 4.79 Å². The van der Waals surface area contributed by atoms with Gasteiger partial charge >= 0.3 is 0 Å². The summed E-state index contributed by atoms with van der Waals surface area (Å²) in [5, 5.41) is 0. The number of carbonyl (C=O) groups is 1. The minimum absolute atomic E-state index is 0.0271. The average Bonchev–Trinajstić information content (AvgIpc) is 2.62. The molecule has 1 aliphatic rings. The van der Waals surface area contributed by atoms with Crippen molar-refractivity contribution in [2.24, 2.45) is 5.92 Å². The number of nitrogens with zero attached hydrogens (tertiary/aromatic N) is 1. The third-order valence-corrected chi connectivity index (χ3v) is 4.45. The Balaban J connectivity index is 1.70. The fraction of sp³-hybridized carbons (Fsp3) is 0.381. The molecule has 1 fully saturated rings. The van der Waals surface area contributed by atoms with E-state index in [1.807, 2.05) is 24.3 Å². The van der Waals surface area contributed by atoms with E-state index >= 15 is 0 Å². The van der Waals surface area contributed by atoms with Crippen molar-refractivity contribution in [2.75, 3.05) is 19.7 Å². The number of halogens is 1. The van der Waals surface area contributed by atoms with E-state index in [0.717, 1.165) is 6.42 Å². The molecule has 4 heteroatoms. The number of rotatable bonds is 4. The van der Waals surface area contributed by atoms with Crippen LogP contribution in [0.25, 0.3) is 0 Å². The van der Waals surface area contributed by atoms with Gasteiger partial charge in [0.2, 0.25) is 0 Å². The van der Waals surface area contributed by atoms with Crippen molar-refractivity contribution in [3.63, 3.8) is 0 Å². The number of carbonyl (C=O) groups excluding carboxylic acids is 1. The summed E-state index contributed by atoms with van der Waals surface area (Å²) in [5.74, 6) is 0.267. The van der Waals surface area contributed by atoms with E-state index < -0.39 is 6.10 Å². The summed E-state index contributed by atoms with van der Waals surface area (Å²) >= 11 is 0. The number of hydrogen-bond donors (Lipinski definition) is 0. The molecule has 0 N–H and O–H groups in total. The van der Waals surface area contributed by atoms with Crippen LogP contribution in [-0.4, -0.2) is 30.5 Å². The highest BCUT2D eigenvalue weighted by Crippen LogP contribution is 2.25. The summed E-state index contributed by atoms with van der Waals surface area (Å²) in [7, 11) is 0. The molecule has 0 radical (unpaired) electrons. The Kier molecular flexibility index (Phi) is 5.49. The zero-order valence-electron chi connectivity index (χ0n) is 14.7. The number of morpholine rings is 1. The van der Waals surface area contributed by atoms with Crippen LogP contribution in [0.15, 0.2) is 48.5 Å². The van der Waals surface area contributed by atoms with Crippen molar-refractivity contribution in [2.45, 2.75) is 26.4 Å². The monoisotopic (exact) mass is 341 g/mol. The van der Waals surface area contributed by atoms with E-state index in [9.17, 15) is 9.18 Å². The van der Waals surface area contributed by atoms with Crippen LogP contribution in [0.1, 0.15) is 41.4 Å². The van der Waals surface area contributed by atoms with Gasteiger partial charge in [-0.15, -0.1) is 0 Å². The van der Waals surface area contributed by atoms with Crippen LogP contribution in [0.2, 0.25) is 0 Å². The second-order valence-electron chi connectivity index (χ2n) is 6.93. The third-order valence-electron chi connectivity index (χ3n) is 4.45. The molecule has 1 heterocycles. The molecule has 0 aliphatic carbocycles. The summed E-state index contributed by atoms with van der Waals surface area (Å²) in [6, 6.07) is 14.4. The first-order chi connectivity index (χ1) is 12.0. The first kappa shape index (κ1) is 17.6. The van der Waals surface area contributed by atoms with E-state index in [0.29, 0.717) is 36.7 Å². The maximum absolute atomic E-state index is 14.0. The lowest BCUT2D eigenvalue weighted by Crippen LogP contribution is -2.42. The first-order valence-corrected chi connectivity index (χ1v) is 8.79. The Labute approximate surface area is 148 Å². The van der Waals surface area contributed by atoms with Crippen LogP contribution in [0, 0.1) is 11.7 Å². The summed E-state index contributed by atoms with van der Waals surface area (Å²) in [6.45, 7) is 5.66. The van der Waals surface area contributed by atoms with Gasteiger partial charge < -0.3 is 9.64 Å². The van der Waals surface area contributed by atoms with Gasteiger partial charge in [-0.05, 0) is 36.1 Å². The van der Waals surface area contributed by atoms with Gasteiger partial charge in [0.1, 0.15) is 11.9 Å². The maximum atomic E-state index is 14.0. The fourth-order valence-corrected chi connectivity index (χ4v) is 3.20. The minimum atomic E-state index is -0.417. The Morgan fingerprint density at radius 3 is 2.60 bits per heavy atom. The fourth-order valence-electron chi connectivity index (χ4n) is 3.20. The van der Waals surface area contributed by atoms with Crippen LogP contribution in [0.5, 0.6) is 0 Å². The molecule has 1 unspecified atom stereocenters. The molecule has 2 aromatic carbocycles. The average molecular weight is 341 g/mol. The molecule has 3 rings (SSSR count). The topological polar surface area (TPSA) is 29.5 Å². The van der Waals surface area contributed by atoms with Gasteiger partial charge in [-0.1, -0.05) is 44.2 Å². The molecule has 0 saturated carbocycles. The largest absolute Gasteiger partial charge is 0.370 e. The molecular weight excluding hydrogens is 317 g/mol. The molecule has 2 aromatic rings. The van der Waals surface area contributed by atoms with Gasteiger partial charge in [-0.2, -0.15) is 0 Å². The second kappa shape index (κ2) is 7.79. The maximum Gasteiger partial charge on any atom is 0.254 e. The molecule has 0 aromatic heterocycles. The summed E-state index contributed by atoms with van der Waals surface area (Å²) in [5.41, 5.74) is 2.41. The highest BCUT2D eigenvalue weighted by Gasteiger charge is 2.27. The molecule has 0 bridgehead atoms. The zero-order chi connectivity index (χ0) is 17.8. The normalized spacial score (nSPS) is 17.8. The third kappa shape index (κ3) is 4.26. The Bertz CT molecular complexity index is 727. The predicted octanol–water partition coefficient (Wildman–Crippen LogP) is 4.24. The Hall–Kier alpha value is -2.20. The van der Waals surface area contributed by atoms with Crippen molar-refractivity contribution in [3.8, 4) is 0 Å². The van der Waals surface area contributed by atoms with Crippen molar-refractivity contribution in [1.82, 2.24) is 4.90 Å². The molecule has 3 nitrogen and oxygen atoms in total. The van der Waals surface area contributed by atoms with Crippen molar-refractivity contribution < 1.29 is 13.9 Å². The van der Waals surface area contributed by atoms with Crippen LogP contribution in [-0.2, 0) is 11.2 Å². The lowest BCUT2D eigenvalue weighted by atomic mass is 10.0. The molecule has 132 valence electrons. The van der Waals surface area contributed by atoms with E-state index in [2.05, 4.69) is 13.8 Å². The highest BCUT2D eigenvalue weighted by molar-refractivity contribution is 5.94. The van der Waals surface area contributed by atoms with Crippen LogP contribution in [0.4, 0.5) is 4.39 Å². The highest BCUT2D eigenvalue weighted by atomic mass is 19.1. The summed E-state index contributed by atoms with van der Waals surface area (Å²) in [4.78, 5) is 14.5. The van der Waals surface area contributed by atoms with Crippen molar-refractivity contribution >= 4 is 5.91 Å². The standard InChI is InChI=1S/C21H24FNO2/c1-15(2)13-16-7-9-17(10-8-16)21(24)23-11-12-25-20(14-23)18-5-3-4-6-19(18)22/h3-10,15,20H,11-14H2,1-2H3. The number of amides is 1. The van der Waals surface area contributed by atoms with E-state index in [1.165, 1.54) is 11.6 Å². The van der Waals surface area contributed by atoms with Gasteiger partial charge in [-0.25, -0.2) is 4.39 Å². The van der Waals surface area contributed by atoms with Gasteiger partial charge in [0.05, 0.1) is 13.2 Å². The lowest BCUT2D eigenvalue weighted by Gasteiger charge is -2.33. The first-order valence-electron chi connectivity index (χ1n) is 8.79. The van der Waals surface area contributed by atoms with Crippen molar-refractivity contribution in [1.29, 1.82) is 0 Å². The second-order valence-corrected chi connectivity index (χ2v) is 6.93. The molecule has 1 saturated heterocycles. The molecule has 1 atom stereocenters. The smallest absolute Gasteiger partial charge is 0.254 e. The van der Waals surface area contributed by atoms with E-state index in [1.54, 1.807) is 23.1 Å². The SMILES string of the molecule is CC(C)Cc1ccc(C(=O)N2CCOC(c3ccccc3F)C2)cc1. The van der Waals surface area contributed by atoms with Gasteiger partial charge in [0.25, 0.3) is 5.91 Å². The van der Waals surface area contributed by atoms with Gasteiger partial charge in [0.15, 0.2) is 0 Å². The number of ether oxygens (including phenoxy) is 1. The van der Waals surface area contributed by atoms with E-state index in [-0.39, 0.29) is 11.7 Å². The Morgan fingerprint density at radius 2 is 1.92 bits per heavy atom. The van der Waals surface area contributed by atoms with Crippen LogP contribution in [0.3, 0.4) is 0 Å². The predicted molar refractivity (Wildman–Crippen MR) is 96.0 cm³/mol. The molecular formula is C21H24FNO2. The molecule has 25 heavy (non-hydrogen) atoms. The number of hydrogen-bond acceptors (Lipinski definition) is 2. The summed E-state index contributed by atoms with van der Waals surface area (Å²) < 4.78 is 19.7. The minimum Gasteiger partial charge on any atom is -0.370 e. The van der Waals surface area contributed by atoms with Crippen molar-refractivity contribution in [3.05, 3.63) is 71.0 Å². The Morgan fingerprint density at radius 1 is 1.20 bits per heavy atom. The van der Waals surface area contributed by atoms with Gasteiger partial charge in [0, 0.05) is 17.7 Å². The summed E-state index contributed by atoms with van der Waals surface area (Å²) in [6.07, 6.45) is 0.584. The molecule has 1 aliphatic heterocycles. The number of benzene rings is 2. The molecule has 0 spiro atoms.